The van der Waals surface area contributed by atoms with Gasteiger partial charge in [-0.2, -0.15) is 0 Å². The molecule has 0 radical (unpaired) electrons. The Hall–Kier alpha value is -2.82. The minimum absolute atomic E-state index is 0.0577. The lowest BCUT2D eigenvalue weighted by molar-refractivity contribution is -0.123. The highest BCUT2D eigenvalue weighted by atomic mass is 16.2. The number of para-hydroxylation sites is 1. The van der Waals surface area contributed by atoms with Gasteiger partial charge in [0.15, 0.2) is 0 Å². The molecule has 130 valence electrons. The van der Waals surface area contributed by atoms with Crippen molar-refractivity contribution in [2.45, 2.75) is 26.8 Å². The van der Waals surface area contributed by atoms with Crippen LogP contribution in [0.3, 0.4) is 0 Å². The van der Waals surface area contributed by atoms with Gasteiger partial charge in [0.1, 0.15) is 6.04 Å². The fourth-order valence-electron chi connectivity index (χ4n) is 3.01. The van der Waals surface area contributed by atoms with Crippen LogP contribution in [0.1, 0.15) is 18.1 Å². The number of amides is 3. The molecule has 3 amide bonds. The smallest absolute Gasteiger partial charge is 0.311 e. The maximum Gasteiger partial charge on any atom is 0.322 e. The van der Waals surface area contributed by atoms with Crippen molar-refractivity contribution >= 4 is 23.3 Å². The van der Waals surface area contributed by atoms with Crippen molar-refractivity contribution in [2.75, 3.05) is 23.3 Å². The second-order valence-corrected chi connectivity index (χ2v) is 6.42. The van der Waals surface area contributed by atoms with Crippen molar-refractivity contribution < 1.29 is 9.59 Å². The zero-order chi connectivity index (χ0) is 18.0. The topological polar surface area (TPSA) is 52.6 Å². The molecule has 5 nitrogen and oxygen atoms in total. The summed E-state index contributed by atoms with van der Waals surface area (Å²) >= 11 is 0. The summed E-state index contributed by atoms with van der Waals surface area (Å²) in [6.07, 6.45) is 0. The fraction of sp³-hybridized carbons (Fsp3) is 0.300. The average Bonchev–Trinajstić information content (AvgIpc) is 2.60. The minimum atomic E-state index is -0.501. The Morgan fingerprint density at radius 3 is 2.44 bits per heavy atom. The largest absolute Gasteiger partial charge is 0.322 e. The summed E-state index contributed by atoms with van der Waals surface area (Å²) in [4.78, 5) is 28.7. The fourth-order valence-corrected chi connectivity index (χ4v) is 3.01. The van der Waals surface area contributed by atoms with E-state index < -0.39 is 6.04 Å². The highest BCUT2D eigenvalue weighted by Gasteiger charge is 2.35. The molecule has 0 unspecified atom stereocenters. The number of nitrogens with one attached hydrogen (secondary N) is 1. The second kappa shape index (κ2) is 6.97. The van der Waals surface area contributed by atoms with Crippen molar-refractivity contribution in [3.8, 4) is 0 Å². The number of carbonyl (C=O) groups excluding carboxylic acids is 2. The highest BCUT2D eigenvalue weighted by Crippen LogP contribution is 2.23. The molecule has 0 aliphatic carbocycles. The first kappa shape index (κ1) is 17.0. The van der Waals surface area contributed by atoms with Gasteiger partial charge in [-0.05, 0) is 56.2 Å². The SMILES string of the molecule is Cc1ccc(N2CCN(C(=O)Nc3ccccc3)[C@@H](C)C2=O)cc1C. The van der Waals surface area contributed by atoms with Gasteiger partial charge in [0, 0.05) is 24.5 Å². The van der Waals surface area contributed by atoms with Crippen molar-refractivity contribution in [3.05, 3.63) is 59.7 Å². The van der Waals surface area contributed by atoms with E-state index in [4.69, 9.17) is 0 Å². The van der Waals surface area contributed by atoms with Gasteiger partial charge >= 0.3 is 6.03 Å². The molecular weight excluding hydrogens is 314 g/mol. The van der Waals surface area contributed by atoms with E-state index in [0.29, 0.717) is 13.1 Å². The van der Waals surface area contributed by atoms with E-state index in [1.54, 1.807) is 16.7 Å². The van der Waals surface area contributed by atoms with E-state index in [1.807, 2.05) is 55.5 Å². The van der Waals surface area contributed by atoms with Crippen LogP contribution >= 0.6 is 0 Å². The number of aryl methyl sites for hydroxylation is 2. The monoisotopic (exact) mass is 337 g/mol. The van der Waals surface area contributed by atoms with Crippen molar-refractivity contribution in [3.63, 3.8) is 0 Å². The number of hydrogen-bond donors (Lipinski definition) is 1. The summed E-state index contributed by atoms with van der Waals surface area (Å²) in [5.74, 6) is -0.0577. The molecule has 1 atom stereocenters. The van der Waals surface area contributed by atoms with Gasteiger partial charge in [0.25, 0.3) is 0 Å². The van der Waals surface area contributed by atoms with Crippen LogP contribution in [0.15, 0.2) is 48.5 Å². The zero-order valence-corrected chi connectivity index (χ0v) is 14.8. The van der Waals surface area contributed by atoms with Gasteiger partial charge in [0.05, 0.1) is 0 Å². The molecule has 1 N–H and O–H groups in total. The molecule has 2 aromatic rings. The van der Waals surface area contributed by atoms with Crippen LogP contribution in [0.25, 0.3) is 0 Å². The molecule has 0 spiro atoms. The Kier molecular flexibility index (Phi) is 4.74. The third-order valence-electron chi connectivity index (χ3n) is 4.74. The van der Waals surface area contributed by atoms with E-state index in [0.717, 1.165) is 16.9 Å². The molecule has 1 fully saturated rings. The van der Waals surface area contributed by atoms with Crippen molar-refractivity contribution in [2.24, 2.45) is 0 Å². The molecular formula is C20H23N3O2. The van der Waals surface area contributed by atoms with Gasteiger partial charge in [0.2, 0.25) is 5.91 Å². The predicted octanol–water partition coefficient (Wildman–Crippen LogP) is 3.57. The lowest BCUT2D eigenvalue weighted by Gasteiger charge is -2.39. The van der Waals surface area contributed by atoms with E-state index in [1.165, 1.54) is 5.56 Å². The first-order valence-corrected chi connectivity index (χ1v) is 8.48. The maximum atomic E-state index is 12.8. The molecule has 1 aliphatic rings. The lowest BCUT2D eigenvalue weighted by Crippen LogP contribution is -2.58. The van der Waals surface area contributed by atoms with E-state index in [9.17, 15) is 9.59 Å². The summed E-state index contributed by atoms with van der Waals surface area (Å²) < 4.78 is 0. The molecule has 0 bridgehead atoms. The number of carbonyl (C=O) groups is 2. The quantitative estimate of drug-likeness (QED) is 0.911. The molecule has 25 heavy (non-hydrogen) atoms. The third-order valence-corrected chi connectivity index (χ3v) is 4.74. The summed E-state index contributed by atoms with van der Waals surface area (Å²) in [6, 6.07) is 14.5. The van der Waals surface area contributed by atoms with Crippen LogP contribution in [-0.2, 0) is 4.79 Å². The van der Waals surface area contributed by atoms with Gasteiger partial charge in [-0.1, -0.05) is 24.3 Å². The summed E-state index contributed by atoms with van der Waals surface area (Å²) in [5.41, 5.74) is 3.97. The van der Waals surface area contributed by atoms with Crippen LogP contribution in [0.4, 0.5) is 16.2 Å². The third kappa shape index (κ3) is 3.50. The molecule has 0 aromatic heterocycles. The minimum Gasteiger partial charge on any atom is -0.311 e. The van der Waals surface area contributed by atoms with Gasteiger partial charge < -0.3 is 15.1 Å². The Balaban J connectivity index is 1.72. The Labute approximate surface area is 148 Å². The van der Waals surface area contributed by atoms with Crippen LogP contribution in [0.5, 0.6) is 0 Å². The van der Waals surface area contributed by atoms with Crippen LogP contribution in [0.2, 0.25) is 0 Å². The average molecular weight is 337 g/mol. The second-order valence-electron chi connectivity index (χ2n) is 6.42. The Morgan fingerprint density at radius 2 is 1.76 bits per heavy atom. The molecule has 2 aromatic carbocycles. The number of anilines is 2. The van der Waals surface area contributed by atoms with Crippen LogP contribution in [-0.4, -0.2) is 36.0 Å². The molecule has 1 saturated heterocycles. The highest BCUT2D eigenvalue weighted by molar-refractivity contribution is 6.01. The predicted molar refractivity (Wildman–Crippen MR) is 99.9 cm³/mol. The molecule has 3 rings (SSSR count). The van der Waals surface area contributed by atoms with E-state index in [-0.39, 0.29) is 11.9 Å². The zero-order valence-electron chi connectivity index (χ0n) is 14.8. The summed E-state index contributed by atoms with van der Waals surface area (Å²) in [7, 11) is 0. The Morgan fingerprint density at radius 1 is 1.04 bits per heavy atom. The first-order valence-electron chi connectivity index (χ1n) is 8.48. The summed E-state index contributed by atoms with van der Waals surface area (Å²) in [6.45, 7) is 6.86. The number of urea groups is 1. The van der Waals surface area contributed by atoms with Crippen LogP contribution < -0.4 is 10.2 Å². The number of rotatable bonds is 2. The van der Waals surface area contributed by atoms with Gasteiger partial charge in [-0.3, -0.25) is 4.79 Å². The number of hydrogen-bond acceptors (Lipinski definition) is 2. The summed E-state index contributed by atoms with van der Waals surface area (Å²) in [5, 5.41) is 2.85. The van der Waals surface area contributed by atoms with Gasteiger partial charge in [-0.15, -0.1) is 0 Å². The molecule has 0 saturated carbocycles. The van der Waals surface area contributed by atoms with Crippen molar-refractivity contribution in [1.29, 1.82) is 0 Å². The maximum absolute atomic E-state index is 12.8. The lowest BCUT2D eigenvalue weighted by atomic mass is 10.1. The molecule has 5 heteroatoms. The number of nitrogens with zero attached hydrogens (tertiary/aromatic N) is 2. The van der Waals surface area contributed by atoms with Crippen LogP contribution in [0, 0.1) is 13.8 Å². The van der Waals surface area contributed by atoms with E-state index in [2.05, 4.69) is 12.2 Å². The normalized spacial score (nSPS) is 17.6. The molecule has 1 aliphatic heterocycles. The first-order chi connectivity index (χ1) is 12.0. The molecule has 1 heterocycles. The van der Waals surface area contributed by atoms with Crippen molar-refractivity contribution in [1.82, 2.24) is 4.90 Å². The Bertz CT molecular complexity index is 789. The standard InChI is InChI=1S/C20H23N3O2/c1-14-9-10-18(13-15(14)2)23-12-11-22(16(3)19(23)24)20(25)21-17-7-5-4-6-8-17/h4-10,13,16H,11-12H2,1-3H3,(H,21,25)/t16-/m0/s1. The number of benzene rings is 2. The number of piperazine rings is 1. The van der Waals surface area contributed by atoms with Gasteiger partial charge in [-0.25, -0.2) is 4.79 Å². The van der Waals surface area contributed by atoms with E-state index >= 15 is 0 Å².